The number of piperazine rings is 1. The number of ether oxygens (including phenoxy) is 1. The van der Waals surface area contributed by atoms with Crippen LogP contribution in [0.15, 0.2) is 58.3 Å². The van der Waals surface area contributed by atoms with Crippen LogP contribution >= 0.6 is 11.6 Å². The van der Waals surface area contributed by atoms with Gasteiger partial charge in [0.25, 0.3) is 5.91 Å². The number of nitrogens with zero attached hydrogens (tertiary/aromatic N) is 3. The van der Waals surface area contributed by atoms with Gasteiger partial charge in [0.15, 0.2) is 5.76 Å². The SMILES string of the molecule is CCOC(=O)C1=C(CN2CCN(C(=O)c3ccco3)C(C)C2)N(CC)C(=O)NC1c1ccc(Cl)cc1. The summed E-state index contributed by atoms with van der Waals surface area (Å²) in [6.45, 7) is 8.25. The maximum Gasteiger partial charge on any atom is 0.338 e. The zero-order chi connectivity index (χ0) is 25.8. The van der Waals surface area contributed by atoms with E-state index in [0.29, 0.717) is 54.8 Å². The molecule has 0 spiro atoms. The van der Waals surface area contributed by atoms with E-state index in [1.807, 2.05) is 13.8 Å². The molecule has 1 aromatic heterocycles. The number of hydrogen-bond donors (Lipinski definition) is 1. The average molecular weight is 515 g/mol. The van der Waals surface area contributed by atoms with Crippen molar-refractivity contribution >= 4 is 29.5 Å². The normalized spacial score (nSPS) is 20.9. The van der Waals surface area contributed by atoms with Gasteiger partial charge < -0.3 is 19.4 Å². The average Bonchev–Trinajstić information content (AvgIpc) is 3.39. The maximum absolute atomic E-state index is 13.2. The first-order valence-corrected chi connectivity index (χ1v) is 12.5. The molecule has 192 valence electrons. The van der Waals surface area contributed by atoms with Gasteiger partial charge in [-0.3, -0.25) is 14.6 Å². The lowest BCUT2D eigenvalue weighted by atomic mass is 9.94. The Bertz CT molecular complexity index is 1130. The summed E-state index contributed by atoms with van der Waals surface area (Å²) in [5.41, 5.74) is 1.76. The van der Waals surface area contributed by atoms with Crippen LogP contribution in [0.1, 0.15) is 42.9 Å². The number of halogens is 1. The zero-order valence-electron chi connectivity index (χ0n) is 20.7. The molecule has 1 N–H and O–H groups in total. The quantitative estimate of drug-likeness (QED) is 0.566. The molecule has 3 heterocycles. The van der Waals surface area contributed by atoms with Crippen molar-refractivity contribution < 1.29 is 23.5 Å². The highest BCUT2D eigenvalue weighted by Gasteiger charge is 2.39. The first kappa shape index (κ1) is 25.8. The van der Waals surface area contributed by atoms with Crippen LogP contribution in [0.2, 0.25) is 5.02 Å². The van der Waals surface area contributed by atoms with Crippen molar-refractivity contribution in [2.45, 2.75) is 32.9 Å². The number of urea groups is 1. The second-order valence-corrected chi connectivity index (χ2v) is 9.26. The van der Waals surface area contributed by atoms with Gasteiger partial charge in [-0.15, -0.1) is 0 Å². The molecule has 10 heteroatoms. The van der Waals surface area contributed by atoms with E-state index < -0.39 is 12.0 Å². The van der Waals surface area contributed by atoms with Gasteiger partial charge in [-0.05, 0) is 50.6 Å². The fourth-order valence-electron chi connectivity index (χ4n) is 4.79. The molecule has 2 unspecified atom stereocenters. The number of benzene rings is 1. The molecule has 0 bridgehead atoms. The van der Waals surface area contributed by atoms with E-state index in [1.54, 1.807) is 53.1 Å². The van der Waals surface area contributed by atoms with Gasteiger partial charge in [-0.1, -0.05) is 23.7 Å². The van der Waals surface area contributed by atoms with Crippen LogP contribution in [0.3, 0.4) is 0 Å². The number of rotatable bonds is 7. The minimum absolute atomic E-state index is 0.0810. The standard InChI is InChI=1S/C26H31ClN4O5/c1-4-30-20(16-29-12-13-31(17(3)15-29)24(32)21-7-6-14-36-21)22(25(33)35-5-2)23(28-26(30)34)18-8-10-19(27)11-9-18/h6-11,14,17,23H,4-5,12-13,15-16H2,1-3H3,(H,28,34). The van der Waals surface area contributed by atoms with Gasteiger partial charge in [0.2, 0.25) is 0 Å². The summed E-state index contributed by atoms with van der Waals surface area (Å²) in [5.74, 6) is -0.297. The molecular formula is C26H31ClN4O5. The minimum atomic E-state index is -0.661. The largest absolute Gasteiger partial charge is 0.463 e. The Kier molecular flexibility index (Phi) is 8.01. The molecule has 0 saturated carbocycles. The van der Waals surface area contributed by atoms with Crippen LogP contribution in [0.4, 0.5) is 4.79 Å². The second kappa shape index (κ2) is 11.2. The summed E-state index contributed by atoms with van der Waals surface area (Å²) in [6, 6.07) is 9.40. The third-order valence-electron chi connectivity index (χ3n) is 6.53. The predicted octanol–water partition coefficient (Wildman–Crippen LogP) is 3.68. The van der Waals surface area contributed by atoms with Crippen LogP contribution < -0.4 is 5.32 Å². The van der Waals surface area contributed by atoms with Crippen molar-refractivity contribution in [1.29, 1.82) is 0 Å². The Morgan fingerprint density at radius 1 is 1.17 bits per heavy atom. The molecule has 3 amide bonds. The molecule has 36 heavy (non-hydrogen) atoms. The Hall–Kier alpha value is -3.30. The molecule has 1 fully saturated rings. The van der Waals surface area contributed by atoms with Crippen molar-refractivity contribution in [3.63, 3.8) is 0 Å². The second-order valence-electron chi connectivity index (χ2n) is 8.82. The molecule has 2 aromatic rings. The maximum atomic E-state index is 13.2. The van der Waals surface area contributed by atoms with Crippen LogP contribution in [-0.4, -0.2) is 78.0 Å². The number of esters is 1. The molecule has 1 saturated heterocycles. The van der Waals surface area contributed by atoms with Crippen molar-refractivity contribution in [2.24, 2.45) is 0 Å². The van der Waals surface area contributed by atoms with E-state index in [4.69, 9.17) is 20.8 Å². The van der Waals surface area contributed by atoms with Crippen LogP contribution in [0.25, 0.3) is 0 Å². The minimum Gasteiger partial charge on any atom is -0.463 e. The summed E-state index contributed by atoms with van der Waals surface area (Å²) in [7, 11) is 0. The lowest BCUT2D eigenvalue weighted by Gasteiger charge is -2.42. The van der Waals surface area contributed by atoms with Gasteiger partial charge in [0.05, 0.1) is 24.5 Å². The Morgan fingerprint density at radius 2 is 1.92 bits per heavy atom. The summed E-state index contributed by atoms with van der Waals surface area (Å²) in [5, 5.41) is 3.52. The van der Waals surface area contributed by atoms with Crippen LogP contribution in [0.5, 0.6) is 0 Å². The lowest BCUT2D eigenvalue weighted by Crippen LogP contribution is -2.56. The van der Waals surface area contributed by atoms with Crippen molar-refractivity contribution in [2.75, 3.05) is 39.3 Å². The van der Waals surface area contributed by atoms with E-state index in [9.17, 15) is 14.4 Å². The van der Waals surface area contributed by atoms with E-state index in [1.165, 1.54) is 6.26 Å². The van der Waals surface area contributed by atoms with Gasteiger partial charge in [0.1, 0.15) is 0 Å². The van der Waals surface area contributed by atoms with Gasteiger partial charge in [-0.2, -0.15) is 0 Å². The Morgan fingerprint density at radius 3 is 2.53 bits per heavy atom. The van der Waals surface area contributed by atoms with E-state index in [-0.39, 0.29) is 24.6 Å². The third-order valence-corrected chi connectivity index (χ3v) is 6.78. The molecule has 1 aromatic carbocycles. The summed E-state index contributed by atoms with van der Waals surface area (Å²) in [4.78, 5) is 44.7. The van der Waals surface area contributed by atoms with Crippen molar-refractivity contribution in [1.82, 2.24) is 20.0 Å². The highest BCUT2D eigenvalue weighted by molar-refractivity contribution is 6.30. The number of hydrogen-bond acceptors (Lipinski definition) is 6. The van der Waals surface area contributed by atoms with Crippen LogP contribution in [0, 0.1) is 0 Å². The zero-order valence-corrected chi connectivity index (χ0v) is 21.5. The predicted molar refractivity (Wildman–Crippen MR) is 134 cm³/mol. The number of likely N-dealkylation sites (N-methyl/N-ethyl adjacent to an activating group) is 1. The molecule has 0 aliphatic carbocycles. The fourth-order valence-corrected chi connectivity index (χ4v) is 4.92. The topological polar surface area (TPSA) is 95.3 Å². The summed E-state index contributed by atoms with van der Waals surface area (Å²) < 4.78 is 10.7. The highest BCUT2D eigenvalue weighted by Crippen LogP contribution is 2.33. The van der Waals surface area contributed by atoms with Crippen molar-refractivity contribution in [3.05, 3.63) is 70.3 Å². The Labute approximate surface area is 215 Å². The van der Waals surface area contributed by atoms with E-state index in [0.717, 1.165) is 5.56 Å². The van der Waals surface area contributed by atoms with Gasteiger partial charge in [-0.25, -0.2) is 9.59 Å². The van der Waals surface area contributed by atoms with Crippen LogP contribution in [-0.2, 0) is 9.53 Å². The molecule has 2 aliphatic rings. The lowest BCUT2D eigenvalue weighted by molar-refractivity contribution is -0.139. The van der Waals surface area contributed by atoms with E-state index in [2.05, 4.69) is 10.2 Å². The number of carbonyl (C=O) groups excluding carboxylic acids is 3. The van der Waals surface area contributed by atoms with Gasteiger partial charge >= 0.3 is 12.0 Å². The molecule has 2 aliphatic heterocycles. The molecule has 4 rings (SSSR count). The molecule has 9 nitrogen and oxygen atoms in total. The third kappa shape index (κ3) is 5.27. The number of carbonyl (C=O) groups is 3. The summed E-state index contributed by atoms with van der Waals surface area (Å²) in [6.07, 6.45) is 1.49. The Balaban J connectivity index is 1.64. The monoisotopic (exact) mass is 514 g/mol. The number of furan rings is 1. The summed E-state index contributed by atoms with van der Waals surface area (Å²) >= 11 is 6.07. The number of amides is 3. The van der Waals surface area contributed by atoms with E-state index >= 15 is 0 Å². The highest BCUT2D eigenvalue weighted by atomic mass is 35.5. The fraction of sp³-hybridized carbons (Fsp3) is 0.423. The molecular weight excluding hydrogens is 484 g/mol. The smallest absolute Gasteiger partial charge is 0.338 e. The van der Waals surface area contributed by atoms with Gasteiger partial charge in [0, 0.05) is 49.5 Å². The first-order valence-electron chi connectivity index (χ1n) is 12.1. The molecule has 0 radical (unpaired) electrons. The first-order chi connectivity index (χ1) is 17.3. The van der Waals surface area contributed by atoms with Crippen molar-refractivity contribution in [3.8, 4) is 0 Å². The number of nitrogens with one attached hydrogen (secondary N) is 1. The molecule has 2 atom stereocenters.